The lowest BCUT2D eigenvalue weighted by Gasteiger charge is -2.09. The first-order valence-corrected chi connectivity index (χ1v) is 9.10. The van der Waals surface area contributed by atoms with Gasteiger partial charge in [0, 0.05) is 0 Å². The first kappa shape index (κ1) is 17.4. The normalized spacial score (nSPS) is 10.5. The first-order valence-electron chi connectivity index (χ1n) is 7.52. The van der Waals surface area contributed by atoms with Gasteiger partial charge in [0.15, 0.2) is 0 Å². The molecule has 0 fully saturated rings. The van der Waals surface area contributed by atoms with Crippen molar-refractivity contribution in [3.05, 3.63) is 57.5 Å². The standard InChI is InChI=1S/C18H20Br2O2/c19-15-9-3-5-11-17(15)21-13-7-1-2-8-14-22-18-12-6-4-10-16(18)20/h3-6,9-12H,1-2,7-8,13-14H2. The molecule has 0 aliphatic rings. The molecule has 2 aromatic rings. The number of halogens is 2. The Labute approximate surface area is 149 Å². The summed E-state index contributed by atoms with van der Waals surface area (Å²) in [5.74, 6) is 1.83. The van der Waals surface area contributed by atoms with Gasteiger partial charge in [-0.3, -0.25) is 0 Å². The van der Waals surface area contributed by atoms with Crippen LogP contribution >= 0.6 is 31.9 Å². The Kier molecular flexibility index (Phi) is 7.81. The molecule has 118 valence electrons. The summed E-state index contributed by atoms with van der Waals surface area (Å²) in [6.07, 6.45) is 4.44. The van der Waals surface area contributed by atoms with Gasteiger partial charge in [0.2, 0.25) is 0 Å². The Hall–Kier alpha value is -1.000. The number of ether oxygens (including phenoxy) is 2. The van der Waals surface area contributed by atoms with Crippen LogP contribution in [-0.2, 0) is 0 Å². The van der Waals surface area contributed by atoms with Gasteiger partial charge in [0.25, 0.3) is 0 Å². The smallest absolute Gasteiger partial charge is 0.133 e. The van der Waals surface area contributed by atoms with E-state index in [1.807, 2.05) is 48.5 Å². The molecule has 2 rings (SSSR count). The molecule has 0 amide bonds. The molecule has 0 bridgehead atoms. The van der Waals surface area contributed by atoms with Gasteiger partial charge in [-0.2, -0.15) is 0 Å². The minimum Gasteiger partial charge on any atom is -0.492 e. The third-order valence-electron chi connectivity index (χ3n) is 3.23. The number of rotatable bonds is 9. The van der Waals surface area contributed by atoms with Crippen molar-refractivity contribution in [1.29, 1.82) is 0 Å². The second-order valence-electron chi connectivity index (χ2n) is 4.97. The highest BCUT2D eigenvalue weighted by molar-refractivity contribution is 9.10. The van der Waals surface area contributed by atoms with Crippen molar-refractivity contribution in [3.8, 4) is 11.5 Å². The summed E-state index contributed by atoms with van der Waals surface area (Å²) in [4.78, 5) is 0. The molecule has 0 heterocycles. The third kappa shape index (κ3) is 6.01. The molecule has 0 radical (unpaired) electrons. The van der Waals surface area contributed by atoms with E-state index in [1.165, 1.54) is 0 Å². The van der Waals surface area contributed by atoms with Crippen molar-refractivity contribution in [2.45, 2.75) is 25.7 Å². The fraction of sp³-hybridized carbons (Fsp3) is 0.333. The zero-order valence-corrected chi connectivity index (χ0v) is 15.6. The molecule has 22 heavy (non-hydrogen) atoms. The minimum atomic E-state index is 0.758. The van der Waals surface area contributed by atoms with Crippen LogP contribution in [0.1, 0.15) is 25.7 Å². The Morgan fingerprint density at radius 1 is 0.591 bits per heavy atom. The third-order valence-corrected chi connectivity index (χ3v) is 4.54. The van der Waals surface area contributed by atoms with E-state index < -0.39 is 0 Å². The number of hydrogen-bond acceptors (Lipinski definition) is 2. The molecule has 0 saturated carbocycles. The van der Waals surface area contributed by atoms with E-state index in [9.17, 15) is 0 Å². The summed E-state index contributed by atoms with van der Waals surface area (Å²) in [5.41, 5.74) is 0. The highest BCUT2D eigenvalue weighted by atomic mass is 79.9. The fourth-order valence-corrected chi connectivity index (χ4v) is 2.84. The number of hydrogen-bond donors (Lipinski definition) is 0. The van der Waals surface area contributed by atoms with Crippen LogP contribution in [0.25, 0.3) is 0 Å². The minimum absolute atomic E-state index is 0.758. The van der Waals surface area contributed by atoms with E-state index in [-0.39, 0.29) is 0 Å². The van der Waals surface area contributed by atoms with Crippen LogP contribution in [0.2, 0.25) is 0 Å². The summed E-state index contributed by atoms with van der Waals surface area (Å²) >= 11 is 6.96. The van der Waals surface area contributed by atoms with Gasteiger partial charge in [-0.25, -0.2) is 0 Å². The van der Waals surface area contributed by atoms with Crippen LogP contribution in [0, 0.1) is 0 Å². The number of unbranched alkanes of at least 4 members (excludes halogenated alkanes) is 3. The van der Waals surface area contributed by atoms with Gasteiger partial charge < -0.3 is 9.47 Å². The topological polar surface area (TPSA) is 18.5 Å². The van der Waals surface area contributed by atoms with Crippen molar-refractivity contribution in [2.24, 2.45) is 0 Å². The van der Waals surface area contributed by atoms with Crippen molar-refractivity contribution in [3.63, 3.8) is 0 Å². The molecule has 2 aromatic carbocycles. The average Bonchev–Trinajstić information content (AvgIpc) is 2.53. The lowest BCUT2D eigenvalue weighted by atomic mass is 10.2. The molecule has 0 unspecified atom stereocenters. The second kappa shape index (κ2) is 9.90. The van der Waals surface area contributed by atoms with Crippen LogP contribution in [0.3, 0.4) is 0 Å². The highest BCUT2D eigenvalue weighted by Crippen LogP contribution is 2.25. The summed E-state index contributed by atoms with van der Waals surface area (Å²) in [5, 5.41) is 0. The molecule has 0 aromatic heterocycles. The van der Waals surface area contributed by atoms with E-state index in [4.69, 9.17) is 9.47 Å². The summed E-state index contributed by atoms with van der Waals surface area (Å²) < 4.78 is 13.5. The Balaban J connectivity index is 1.51. The van der Waals surface area contributed by atoms with Gasteiger partial charge >= 0.3 is 0 Å². The molecule has 0 spiro atoms. The van der Waals surface area contributed by atoms with Crippen molar-refractivity contribution >= 4 is 31.9 Å². The summed E-state index contributed by atoms with van der Waals surface area (Å²) in [7, 11) is 0. The van der Waals surface area contributed by atoms with Crippen LogP contribution < -0.4 is 9.47 Å². The maximum Gasteiger partial charge on any atom is 0.133 e. The average molecular weight is 428 g/mol. The van der Waals surface area contributed by atoms with Crippen LogP contribution in [0.4, 0.5) is 0 Å². The Morgan fingerprint density at radius 2 is 1.00 bits per heavy atom. The second-order valence-corrected chi connectivity index (χ2v) is 6.68. The molecular weight excluding hydrogens is 408 g/mol. The van der Waals surface area contributed by atoms with Gasteiger partial charge in [0.05, 0.1) is 22.2 Å². The molecule has 0 N–H and O–H groups in total. The maximum atomic E-state index is 5.74. The van der Waals surface area contributed by atoms with Crippen molar-refractivity contribution in [1.82, 2.24) is 0 Å². The molecular formula is C18H20Br2O2. The zero-order chi connectivity index (χ0) is 15.6. The summed E-state index contributed by atoms with van der Waals surface area (Å²) in [6.45, 7) is 1.52. The number of benzene rings is 2. The molecule has 0 saturated heterocycles. The largest absolute Gasteiger partial charge is 0.492 e. The van der Waals surface area contributed by atoms with E-state index in [1.54, 1.807) is 0 Å². The predicted molar refractivity (Wildman–Crippen MR) is 97.7 cm³/mol. The number of para-hydroxylation sites is 2. The molecule has 2 nitrogen and oxygen atoms in total. The van der Waals surface area contributed by atoms with Crippen LogP contribution in [0.5, 0.6) is 11.5 Å². The van der Waals surface area contributed by atoms with Crippen molar-refractivity contribution in [2.75, 3.05) is 13.2 Å². The quantitative estimate of drug-likeness (QED) is 0.441. The molecule has 0 aliphatic heterocycles. The Bertz CT molecular complexity index is 521. The highest BCUT2D eigenvalue weighted by Gasteiger charge is 2.00. The van der Waals surface area contributed by atoms with Crippen LogP contribution in [-0.4, -0.2) is 13.2 Å². The van der Waals surface area contributed by atoms with E-state index in [0.29, 0.717) is 0 Å². The van der Waals surface area contributed by atoms with Gasteiger partial charge in [-0.05, 0) is 81.8 Å². The van der Waals surface area contributed by atoms with Gasteiger partial charge in [-0.15, -0.1) is 0 Å². The monoisotopic (exact) mass is 426 g/mol. The van der Waals surface area contributed by atoms with Gasteiger partial charge in [-0.1, -0.05) is 24.3 Å². The van der Waals surface area contributed by atoms with Crippen LogP contribution in [0.15, 0.2) is 57.5 Å². The van der Waals surface area contributed by atoms with E-state index >= 15 is 0 Å². The van der Waals surface area contributed by atoms with Gasteiger partial charge in [0.1, 0.15) is 11.5 Å². The maximum absolute atomic E-state index is 5.74. The lowest BCUT2D eigenvalue weighted by Crippen LogP contribution is -2.00. The zero-order valence-electron chi connectivity index (χ0n) is 12.4. The van der Waals surface area contributed by atoms with E-state index in [2.05, 4.69) is 31.9 Å². The molecule has 0 aliphatic carbocycles. The molecule has 0 atom stereocenters. The summed E-state index contributed by atoms with van der Waals surface area (Å²) in [6, 6.07) is 15.9. The fourth-order valence-electron chi connectivity index (χ4n) is 2.05. The Morgan fingerprint density at radius 3 is 1.41 bits per heavy atom. The SMILES string of the molecule is Brc1ccccc1OCCCCCCOc1ccccc1Br. The van der Waals surface area contributed by atoms with Crippen molar-refractivity contribution < 1.29 is 9.47 Å². The lowest BCUT2D eigenvalue weighted by molar-refractivity contribution is 0.286. The molecule has 4 heteroatoms. The first-order chi connectivity index (χ1) is 10.8. The predicted octanol–water partition coefficient (Wildman–Crippen LogP) is 6.23. The van der Waals surface area contributed by atoms with E-state index in [0.717, 1.165) is 59.3 Å².